The van der Waals surface area contributed by atoms with E-state index in [0.29, 0.717) is 55.2 Å². The molecule has 2 N–H and O–H groups in total. The number of amides is 1. The molecular weight excluding hydrogens is 434 g/mol. The first kappa shape index (κ1) is 22.9. The molecule has 0 saturated carbocycles. The molecule has 3 fully saturated rings. The van der Waals surface area contributed by atoms with Crippen molar-refractivity contribution in [3.63, 3.8) is 0 Å². The summed E-state index contributed by atoms with van der Waals surface area (Å²) in [6.45, 7) is 5.20. The summed E-state index contributed by atoms with van der Waals surface area (Å²) in [5.41, 5.74) is 0.966. The molecule has 10 heteroatoms. The van der Waals surface area contributed by atoms with Crippen LogP contribution in [0.25, 0.3) is 0 Å². The van der Waals surface area contributed by atoms with Gasteiger partial charge < -0.3 is 24.6 Å². The summed E-state index contributed by atoms with van der Waals surface area (Å²) in [6.07, 6.45) is 6.63. The van der Waals surface area contributed by atoms with Crippen LogP contribution in [-0.2, 0) is 9.53 Å². The van der Waals surface area contributed by atoms with Crippen LogP contribution in [0.15, 0.2) is 12.1 Å². The second kappa shape index (κ2) is 9.77. The average molecular weight is 470 g/mol. The molecule has 0 unspecified atom stereocenters. The number of piperidine rings is 2. The first-order chi connectivity index (χ1) is 16.5. The van der Waals surface area contributed by atoms with E-state index in [4.69, 9.17) is 19.4 Å². The highest BCUT2D eigenvalue weighted by atomic mass is 16.5. The number of aryl methyl sites for hydroxylation is 1. The van der Waals surface area contributed by atoms with Crippen LogP contribution in [0.2, 0.25) is 0 Å². The third-order valence-corrected chi connectivity index (χ3v) is 7.23. The molecule has 10 nitrogen and oxygen atoms in total. The molecule has 2 bridgehead atoms. The van der Waals surface area contributed by atoms with Crippen molar-refractivity contribution < 1.29 is 14.3 Å². The zero-order valence-electron chi connectivity index (χ0n) is 20.3. The molecule has 3 saturated heterocycles. The lowest BCUT2D eigenvalue weighted by Crippen LogP contribution is -2.58. The van der Waals surface area contributed by atoms with Crippen LogP contribution in [0.4, 0.5) is 17.6 Å². The molecule has 0 aromatic carbocycles. The number of ether oxygens (including phenoxy) is 2. The number of nitrogens with one attached hydrogen (secondary N) is 2. The summed E-state index contributed by atoms with van der Waals surface area (Å²) in [5, 5.41) is 10.5. The number of anilines is 3. The van der Waals surface area contributed by atoms with Gasteiger partial charge in [-0.2, -0.15) is 15.1 Å². The Hall–Kier alpha value is -2.88. The zero-order chi connectivity index (χ0) is 23.7. The Bertz CT molecular complexity index is 992. The van der Waals surface area contributed by atoms with Crippen molar-refractivity contribution in [2.75, 3.05) is 30.5 Å². The molecule has 0 spiro atoms. The molecule has 0 radical (unpaired) electrons. The largest absolute Gasteiger partial charge is 0.472 e. The zero-order valence-corrected chi connectivity index (χ0v) is 20.3. The number of H-pyrrole nitrogens is 1. The van der Waals surface area contributed by atoms with Crippen molar-refractivity contribution in [1.82, 2.24) is 25.1 Å². The van der Waals surface area contributed by atoms with Gasteiger partial charge in [-0.1, -0.05) is 6.92 Å². The number of rotatable bonds is 7. The summed E-state index contributed by atoms with van der Waals surface area (Å²) in [7, 11) is 2.05. The quantitative estimate of drug-likeness (QED) is 0.637. The van der Waals surface area contributed by atoms with Crippen molar-refractivity contribution in [2.45, 2.75) is 83.0 Å². The Morgan fingerprint density at radius 2 is 2.03 bits per heavy atom. The molecule has 1 amide bonds. The molecule has 0 aliphatic carbocycles. The maximum atomic E-state index is 12.6. The first-order valence-corrected chi connectivity index (χ1v) is 12.5. The number of nitrogens with zero attached hydrogens (tertiary/aromatic N) is 5. The van der Waals surface area contributed by atoms with Crippen LogP contribution < -0.4 is 15.0 Å². The highest BCUT2D eigenvalue weighted by Crippen LogP contribution is 2.37. The molecule has 2 aromatic rings. The van der Waals surface area contributed by atoms with Gasteiger partial charge in [0, 0.05) is 55.8 Å². The fourth-order valence-electron chi connectivity index (χ4n) is 5.51. The van der Waals surface area contributed by atoms with Crippen molar-refractivity contribution >= 4 is 23.5 Å². The summed E-state index contributed by atoms with van der Waals surface area (Å²) < 4.78 is 11.6. The van der Waals surface area contributed by atoms with Gasteiger partial charge in [0.15, 0.2) is 5.82 Å². The predicted molar refractivity (Wildman–Crippen MR) is 128 cm³/mol. The van der Waals surface area contributed by atoms with Gasteiger partial charge in [-0.05, 0) is 39.0 Å². The second-order valence-electron chi connectivity index (χ2n) is 9.69. The van der Waals surface area contributed by atoms with Crippen LogP contribution in [0.5, 0.6) is 5.88 Å². The third-order valence-electron chi connectivity index (χ3n) is 7.23. The number of aromatic amines is 1. The Labute approximate surface area is 200 Å². The van der Waals surface area contributed by atoms with Crippen molar-refractivity contribution in [2.24, 2.45) is 0 Å². The minimum atomic E-state index is -0.00353. The molecule has 34 heavy (non-hydrogen) atoms. The Balaban J connectivity index is 1.38. The maximum absolute atomic E-state index is 12.6. The normalized spacial score (nSPS) is 26.4. The van der Waals surface area contributed by atoms with E-state index in [1.165, 1.54) is 6.42 Å². The number of carbonyl (C=O) groups is 1. The Morgan fingerprint density at radius 3 is 2.68 bits per heavy atom. The SMILES string of the molecule is CCC(=O)N1[C@@H]2CCC[C@H]1C[C@@H](N(C)c1nc(Nc3cc(C)[nH]n3)cc(O[C@@H]3CCOC3)n1)C2. The lowest BCUT2D eigenvalue weighted by Gasteiger charge is -2.50. The van der Waals surface area contributed by atoms with E-state index in [-0.39, 0.29) is 18.1 Å². The van der Waals surface area contributed by atoms with Gasteiger partial charge in [0.25, 0.3) is 0 Å². The van der Waals surface area contributed by atoms with Crippen LogP contribution in [0.3, 0.4) is 0 Å². The van der Waals surface area contributed by atoms with Gasteiger partial charge in [-0.3, -0.25) is 9.89 Å². The molecule has 4 atom stereocenters. The monoisotopic (exact) mass is 469 g/mol. The van der Waals surface area contributed by atoms with Gasteiger partial charge in [0.2, 0.25) is 17.7 Å². The average Bonchev–Trinajstić information content (AvgIpc) is 3.48. The van der Waals surface area contributed by atoms with Crippen LogP contribution in [0, 0.1) is 6.92 Å². The number of hydrogen-bond donors (Lipinski definition) is 2. The number of carbonyl (C=O) groups excluding carboxylic acids is 1. The highest BCUT2D eigenvalue weighted by Gasteiger charge is 2.41. The van der Waals surface area contributed by atoms with Crippen molar-refractivity contribution in [1.29, 1.82) is 0 Å². The summed E-state index contributed by atoms with van der Waals surface area (Å²) in [4.78, 5) is 26.5. The number of aromatic nitrogens is 4. The fraction of sp³-hybridized carbons (Fsp3) is 0.667. The van der Waals surface area contributed by atoms with Crippen molar-refractivity contribution in [3.05, 3.63) is 17.8 Å². The molecule has 5 heterocycles. The number of hydrogen-bond acceptors (Lipinski definition) is 8. The van der Waals surface area contributed by atoms with E-state index in [1.54, 1.807) is 0 Å². The van der Waals surface area contributed by atoms with E-state index in [1.807, 2.05) is 26.0 Å². The minimum absolute atomic E-state index is 0.00353. The summed E-state index contributed by atoms with van der Waals surface area (Å²) in [5.74, 6) is 2.75. The smallest absolute Gasteiger partial charge is 0.230 e. The van der Waals surface area contributed by atoms with Gasteiger partial charge >= 0.3 is 0 Å². The molecule has 3 aliphatic heterocycles. The summed E-state index contributed by atoms with van der Waals surface area (Å²) >= 11 is 0. The van der Waals surface area contributed by atoms with Gasteiger partial charge in [0.05, 0.1) is 13.2 Å². The van der Waals surface area contributed by atoms with E-state index in [9.17, 15) is 4.79 Å². The summed E-state index contributed by atoms with van der Waals surface area (Å²) in [6, 6.07) is 4.61. The topological polar surface area (TPSA) is 109 Å². The standard InChI is InChI=1S/C24H35N7O3/c1-4-23(32)31-16-6-5-7-17(31)12-18(11-16)30(3)24-26-20(25-21-10-15(2)28-29-21)13-22(27-24)34-19-8-9-33-14-19/h10,13,16-19H,4-9,11-12,14H2,1-3H3,(H2,25,26,27,28,29)/t16-,17+,18+,19-/m1/s1. The lowest BCUT2D eigenvalue weighted by atomic mass is 9.81. The van der Waals surface area contributed by atoms with E-state index in [2.05, 4.69) is 32.4 Å². The van der Waals surface area contributed by atoms with Crippen LogP contribution in [0.1, 0.15) is 57.6 Å². The van der Waals surface area contributed by atoms with E-state index >= 15 is 0 Å². The number of fused-ring (bicyclic) bond motifs is 2. The van der Waals surface area contributed by atoms with E-state index < -0.39 is 0 Å². The van der Waals surface area contributed by atoms with Gasteiger partial charge in [-0.25, -0.2) is 0 Å². The predicted octanol–water partition coefficient (Wildman–Crippen LogP) is 3.18. The second-order valence-corrected chi connectivity index (χ2v) is 9.69. The molecule has 3 aliphatic rings. The van der Waals surface area contributed by atoms with Crippen LogP contribution >= 0.6 is 0 Å². The highest BCUT2D eigenvalue weighted by molar-refractivity contribution is 5.77. The third kappa shape index (κ3) is 4.82. The minimum Gasteiger partial charge on any atom is -0.472 e. The lowest BCUT2D eigenvalue weighted by molar-refractivity contribution is -0.140. The maximum Gasteiger partial charge on any atom is 0.230 e. The molecule has 184 valence electrons. The Morgan fingerprint density at radius 1 is 1.24 bits per heavy atom. The molecule has 2 aromatic heterocycles. The Kier molecular flexibility index (Phi) is 6.58. The van der Waals surface area contributed by atoms with Crippen LogP contribution in [-0.4, -0.2) is 75.5 Å². The molecular formula is C24H35N7O3. The van der Waals surface area contributed by atoms with E-state index in [0.717, 1.165) is 37.8 Å². The van der Waals surface area contributed by atoms with Gasteiger partial charge in [0.1, 0.15) is 11.9 Å². The first-order valence-electron chi connectivity index (χ1n) is 12.5. The van der Waals surface area contributed by atoms with Gasteiger partial charge in [-0.15, -0.1) is 0 Å². The fourth-order valence-corrected chi connectivity index (χ4v) is 5.51. The van der Waals surface area contributed by atoms with Crippen molar-refractivity contribution in [3.8, 4) is 5.88 Å². The molecule has 5 rings (SSSR count).